The number of nitriles is 2. The van der Waals surface area contributed by atoms with E-state index in [1.165, 1.54) is 6.07 Å². The first-order chi connectivity index (χ1) is 34.6. The highest BCUT2D eigenvalue weighted by Gasteiger charge is 2.36. The molecule has 0 atom stereocenters. The van der Waals surface area contributed by atoms with Crippen molar-refractivity contribution in [3.63, 3.8) is 0 Å². The average molecular weight is 920 g/mol. The maximum atomic E-state index is 15.4. The number of alkyl halides is 3. The molecule has 71 heavy (non-hydrogen) atoms. The van der Waals surface area contributed by atoms with Crippen molar-refractivity contribution in [3.05, 3.63) is 232 Å². The molecule has 0 aliphatic heterocycles. The first-order valence-corrected chi connectivity index (χ1v) is 22.3. The van der Waals surface area contributed by atoms with E-state index in [0.29, 0.717) is 61.7 Å². The number of aromatic nitrogens is 2. The zero-order valence-electron chi connectivity index (χ0n) is 37.5. The lowest BCUT2D eigenvalue weighted by atomic mass is 9.86. The summed E-state index contributed by atoms with van der Waals surface area (Å²) in [6.45, 7) is 25.9. The molecule has 11 aromatic rings. The maximum absolute atomic E-state index is 15.4. The number of aryl methyl sites for hydroxylation is 1. The number of halogens is 3. The molecule has 2 heterocycles. The number of rotatable bonds is 6. The molecule has 332 valence electrons. The Morgan fingerprint density at radius 1 is 0.465 bits per heavy atom. The van der Waals surface area contributed by atoms with Gasteiger partial charge in [-0.3, -0.25) is 0 Å². The second-order valence-corrected chi connectivity index (χ2v) is 17.1. The summed E-state index contributed by atoms with van der Waals surface area (Å²) in [5, 5.41) is 23.1. The number of nitrogens with zero attached hydrogens (tertiary/aromatic N) is 7. The van der Waals surface area contributed by atoms with E-state index in [4.69, 9.17) is 19.7 Å². The van der Waals surface area contributed by atoms with Gasteiger partial charge in [-0.25, -0.2) is 14.5 Å². The van der Waals surface area contributed by atoms with Crippen molar-refractivity contribution in [2.45, 2.75) is 13.1 Å². The van der Waals surface area contributed by atoms with Gasteiger partial charge in [0, 0.05) is 38.4 Å². The minimum atomic E-state index is -4.73. The van der Waals surface area contributed by atoms with E-state index in [1.54, 1.807) is 73.7 Å². The van der Waals surface area contributed by atoms with Crippen molar-refractivity contribution >= 4 is 60.7 Å². The van der Waals surface area contributed by atoms with Crippen LogP contribution in [-0.4, -0.2) is 9.13 Å². The van der Waals surface area contributed by atoms with Crippen molar-refractivity contribution < 1.29 is 13.2 Å². The molecule has 11 rings (SSSR count). The number of hydrogen-bond donors (Lipinski definition) is 0. The Morgan fingerprint density at radius 2 is 1.04 bits per heavy atom. The molecule has 0 fully saturated rings. The summed E-state index contributed by atoms with van der Waals surface area (Å²) in [5.41, 5.74) is 9.25. The van der Waals surface area contributed by atoms with Crippen LogP contribution in [-0.2, 0) is 6.18 Å². The lowest BCUT2D eigenvalue weighted by Crippen LogP contribution is -2.10. The van der Waals surface area contributed by atoms with Crippen LogP contribution in [0.4, 0.5) is 30.2 Å². The Bertz CT molecular complexity index is 4310. The summed E-state index contributed by atoms with van der Waals surface area (Å²) in [6.07, 6.45) is -4.73. The highest BCUT2D eigenvalue weighted by atomic mass is 19.4. The Kier molecular flexibility index (Phi) is 10.3. The molecule has 0 N–H and O–H groups in total. The van der Waals surface area contributed by atoms with Crippen molar-refractivity contribution in [2.24, 2.45) is 0 Å². The molecule has 9 aromatic carbocycles. The van der Waals surface area contributed by atoms with Crippen molar-refractivity contribution in [2.75, 3.05) is 0 Å². The van der Waals surface area contributed by atoms with Gasteiger partial charge in [0.2, 0.25) is 0 Å². The number of para-hydroxylation sites is 2. The number of fused-ring (bicyclic) bond motifs is 6. The van der Waals surface area contributed by atoms with E-state index >= 15 is 13.2 Å². The predicted molar refractivity (Wildman–Crippen MR) is 275 cm³/mol. The molecule has 0 radical (unpaired) electrons. The van der Waals surface area contributed by atoms with Crippen LogP contribution in [0, 0.1) is 49.3 Å². The molecule has 0 saturated carbocycles. The molecule has 0 saturated heterocycles. The van der Waals surface area contributed by atoms with Crippen molar-refractivity contribution in [3.8, 4) is 68.0 Å². The van der Waals surface area contributed by atoms with Gasteiger partial charge in [-0.1, -0.05) is 109 Å². The first-order valence-electron chi connectivity index (χ1n) is 22.3. The Hall–Kier alpha value is -10.2. The molecule has 0 aliphatic rings. The number of benzene rings is 9. The van der Waals surface area contributed by atoms with Crippen LogP contribution in [0.1, 0.15) is 22.3 Å². The summed E-state index contributed by atoms with van der Waals surface area (Å²) in [7, 11) is 0. The van der Waals surface area contributed by atoms with Gasteiger partial charge in [0.1, 0.15) is 0 Å². The van der Waals surface area contributed by atoms with E-state index in [9.17, 15) is 10.5 Å². The lowest BCUT2D eigenvalue weighted by molar-refractivity contribution is -0.137. The largest absolute Gasteiger partial charge is 0.417 e. The normalized spacial score (nSPS) is 11.3. The van der Waals surface area contributed by atoms with Gasteiger partial charge in [-0.05, 0) is 113 Å². The number of hydrogen-bond acceptors (Lipinski definition) is 2. The fraction of sp³-hybridized carbons (Fsp3) is 0.0328. The summed E-state index contributed by atoms with van der Waals surface area (Å²) in [6, 6.07) is 56.6. The van der Waals surface area contributed by atoms with Crippen LogP contribution in [0.2, 0.25) is 0 Å². The molecule has 10 heteroatoms. The quantitative estimate of drug-likeness (QED) is 0.156. The summed E-state index contributed by atoms with van der Waals surface area (Å²) in [4.78, 5) is 11.4. The molecule has 2 aromatic heterocycles. The van der Waals surface area contributed by atoms with E-state index < -0.39 is 11.7 Å². The average Bonchev–Trinajstić information content (AvgIpc) is 3.91. The molecule has 0 unspecified atom stereocenters. The minimum absolute atomic E-state index is 0.0113. The second kappa shape index (κ2) is 16.9. The van der Waals surface area contributed by atoms with Crippen LogP contribution in [0.3, 0.4) is 0 Å². The second-order valence-electron chi connectivity index (χ2n) is 17.1. The molecule has 0 aliphatic carbocycles. The van der Waals surface area contributed by atoms with Gasteiger partial charge < -0.3 is 9.13 Å². The third-order valence-electron chi connectivity index (χ3n) is 13.2. The van der Waals surface area contributed by atoms with Crippen molar-refractivity contribution in [1.29, 1.82) is 10.5 Å². The van der Waals surface area contributed by atoms with Gasteiger partial charge in [0.05, 0.1) is 76.3 Å². The fourth-order valence-electron chi connectivity index (χ4n) is 10.2. The molecule has 0 spiro atoms. The monoisotopic (exact) mass is 919 g/mol. The van der Waals surface area contributed by atoms with Crippen LogP contribution in [0.5, 0.6) is 0 Å². The zero-order chi connectivity index (χ0) is 49.1. The van der Waals surface area contributed by atoms with Gasteiger partial charge >= 0.3 is 6.18 Å². The highest BCUT2D eigenvalue weighted by Crippen LogP contribution is 2.51. The molecule has 0 bridgehead atoms. The van der Waals surface area contributed by atoms with E-state index in [-0.39, 0.29) is 16.8 Å². The van der Waals surface area contributed by atoms with E-state index in [0.717, 1.165) is 60.8 Å². The van der Waals surface area contributed by atoms with E-state index in [2.05, 4.69) is 31.2 Å². The lowest BCUT2D eigenvalue weighted by Gasteiger charge is -2.25. The van der Waals surface area contributed by atoms with Crippen LogP contribution in [0.25, 0.3) is 114 Å². The van der Waals surface area contributed by atoms with Crippen LogP contribution < -0.4 is 0 Å². The van der Waals surface area contributed by atoms with Gasteiger partial charge in [0.25, 0.3) is 0 Å². The van der Waals surface area contributed by atoms with E-state index in [1.807, 2.05) is 102 Å². The Balaban J connectivity index is 1.26. The Labute approximate surface area is 405 Å². The molecular weight excluding hydrogens is 888 g/mol. The molecular formula is C61H32F3N7. The summed E-state index contributed by atoms with van der Waals surface area (Å²) >= 11 is 0. The summed E-state index contributed by atoms with van der Waals surface area (Å²) < 4.78 is 50.4. The highest BCUT2D eigenvalue weighted by molar-refractivity contribution is 6.14. The standard InChI is InChI=1S/C61H32F3N7/c1-36-12-9-16-49(61(62,63)64)58(36)46-15-10-20-56(70-52-18-7-5-14-45(52)48-32-39(24-29-54(48)70)43-27-25-41(67-2)33-51(43)69-4)59(46)60-50(68-3)17-11-21-57(60)71-53-19-8-6-13-44(53)47-31-38(23-28-55(47)71)42-26-22-37(34-65)30-40(42)35-66/h5-33H,1H3. The summed E-state index contributed by atoms with van der Waals surface area (Å²) in [5.74, 6) is 0. The Morgan fingerprint density at radius 3 is 1.65 bits per heavy atom. The zero-order valence-corrected chi connectivity index (χ0v) is 37.5. The smallest absolute Gasteiger partial charge is 0.310 e. The van der Waals surface area contributed by atoms with Crippen molar-refractivity contribution in [1.82, 2.24) is 9.13 Å². The van der Waals surface area contributed by atoms with Gasteiger partial charge in [-0.2, -0.15) is 23.7 Å². The minimum Gasteiger partial charge on any atom is -0.310 e. The third kappa shape index (κ3) is 6.93. The predicted octanol–water partition coefficient (Wildman–Crippen LogP) is 17.3. The maximum Gasteiger partial charge on any atom is 0.417 e. The SMILES string of the molecule is [C-]#[N+]c1ccc(-c2ccc3c(c2)c2ccccc2n3-c2cccc(-c3c(C)cccc3C(F)(F)F)c2-c2c([N+]#[C-])cccc2-n2c3ccccc3c3cc(-c4ccc(C#N)cc4C#N)ccc32)c([N+]#[C-])c1. The first kappa shape index (κ1) is 43.4. The third-order valence-corrected chi connectivity index (χ3v) is 13.2. The van der Waals surface area contributed by atoms with Gasteiger partial charge in [0.15, 0.2) is 17.1 Å². The molecule has 7 nitrogen and oxygen atoms in total. The fourth-order valence-corrected chi connectivity index (χ4v) is 10.2. The van der Waals surface area contributed by atoms with Crippen LogP contribution >= 0.6 is 0 Å². The van der Waals surface area contributed by atoms with Crippen LogP contribution in [0.15, 0.2) is 176 Å². The van der Waals surface area contributed by atoms with Gasteiger partial charge in [-0.15, -0.1) is 0 Å². The topological polar surface area (TPSA) is 70.5 Å². The molecule has 0 amide bonds.